The lowest BCUT2D eigenvalue weighted by Gasteiger charge is -2.32. The summed E-state index contributed by atoms with van der Waals surface area (Å²) in [6.45, 7) is 1.13. The van der Waals surface area contributed by atoms with Crippen LogP contribution in [0.2, 0.25) is 0 Å². The number of thiazole rings is 1. The second kappa shape index (κ2) is 7.64. The molecule has 0 saturated carbocycles. The van der Waals surface area contributed by atoms with Crippen LogP contribution in [0.1, 0.15) is 43.9 Å². The van der Waals surface area contributed by atoms with Gasteiger partial charge in [-0.3, -0.25) is 4.79 Å². The minimum Gasteiger partial charge on any atom is -0.347 e. The number of rotatable bonds is 4. The van der Waals surface area contributed by atoms with Gasteiger partial charge in [0, 0.05) is 24.3 Å². The fourth-order valence-corrected chi connectivity index (χ4v) is 4.65. The van der Waals surface area contributed by atoms with Gasteiger partial charge in [-0.15, -0.1) is 11.3 Å². The number of imidazole rings is 1. The van der Waals surface area contributed by atoms with Gasteiger partial charge in [-0.2, -0.15) is 0 Å². The molecular weight excluding hydrogens is 380 g/mol. The van der Waals surface area contributed by atoms with Crippen molar-refractivity contribution in [2.45, 2.75) is 18.9 Å². The number of carbonyl (C=O) groups is 1. The molecule has 0 spiro atoms. The zero-order chi connectivity index (χ0) is 19.6. The molecular formula is C23H20N4OS. The number of amides is 1. The molecule has 1 aliphatic heterocycles. The van der Waals surface area contributed by atoms with Crippen LogP contribution in [0.15, 0.2) is 72.4 Å². The second-order valence-electron chi connectivity index (χ2n) is 7.20. The first-order valence-corrected chi connectivity index (χ1v) is 10.5. The van der Waals surface area contributed by atoms with E-state index in [1.807, 2.05) is 46.7 Å². The number of hydrogen-bond acceptors (Lipinski definition) is 4. The summed E-state index contributed by atoms with van der Waals surface area (Å²) in [6, 6.07) is 20.5. The Labute approximate surface area is 173 Å². The molecule has 0 aliphatic carbocycles. The van der Waals surface area contributed by atoms with Crippen LogP contribution in [0, 0.1) is 0 Å². The van der Waals surface area contributed by atoms with Crippen molar-refractivity contribution in [3.8, 4) is 0 Å². The van der Waals surface area contributed by atoms with Crippen molar-refractivity contribution in [1.82, 2.24) is 19.9 Å². The molecule has 4 aromatic rings. The molecule has 0 radical (unpaired) electrons. The number of aromatic amines is 1. The maximum atomic E-state index is 13.2. The van der Waals surface area contributed by atoms with Crippen molar-refractivity contribution in [3.05, 3.63) is 106 Å². The number of hydrogen-bond donors (Lipinski definition) is 1. The Morgan fingerprint density at radius 1 is 1.10 bits per heavy atom. The summed E-state index contributed by atoms with van der Waals surface area (Å²) >= 11 is 1.54. The van der Waals surface area contributed by atoms with E-state index in [2.05, 4.69) is 39.2 Å². The fraction of sp³-hybridized carbons (Fsp3) is 0.174. The number of aromatic nitrogens is 3. The minimum absolute atomic E-state index is 0.0262. The molecule has 0 bridgehead atoms. The lowest BCUT2D eigenvalue weighted by Crippen LogP contribution is -2.39. The summed E-state index contributed by atoms with van der Waals surface area (Å²) in [6.07, 6.45) is 2.46. The normalized spacial score (nSPS) is 15.9. The van der Waals surface area contributed by atoms with Crippen molar-refractivity contribution < 1.29 is 4.79 Å². The highest BCUT2D eigenvalue weighted by atomic mass is 32.1. The SMILES string of the molecule is O=C(c1csc(Cc2ccccc2)n1)N1Cc2[nH]cnc2C(c2ccccc2)C1. The third-order valence-electron chi connectivity index (χ3n) is 5.29. The van der Waals surface area contributed by atoms with E-state index in [0.717, 1.165) is 22.8 Å². The third kappa shape index (κ3) is 3.59. The molecule has 144 valence electrons. The van der Waals surface area contributed by atoms with Crippen molar-refractivity contribution in [3.63, 3.8) is 0 Å². The Kier molecular flexibility index (Phi) is 4.69. The topological polar surface area (TPSA) is 61.9 Å². The molecule has 2 aromatic heterocycles. The van der Waals surface area contributed by atoms with Gasteiger partial charge in [0.1, 0.15) is 5.69 Å². The number of benzene rings is 2. The van der Waals surface area contributed by atoms with Crippen LogP contribution < -0.4 is 0 Å². The van der Waals surface area contributed by atoms with Gasteiger partial charge in [-0.25, -0.2) is 9.97 Å². The average Bonchev–Trinajstić information content (AvgIpc) is 3.43. The highest BCUT2D eigenvalue weighted by Gasteiger charge is 2.32. The van der Waals surface area contributed by atoms with Crippen molar-refractivity contribution in [1.29, 1.82) is 0 Å². The first kappa shape index (κ1) is 17.8. The van der Waals surface area contributed by atoms with E-state index in [-0.39, 0.29) is 11.8 Å². The Hall–Kier alpha value is -3.25. The van der Waals surface area contributed by atoms with E-state index < -0.39 is 0 Å². The van der Waals surface area contributed by atoms with E-state index in [4.69, 9.17) is 0 Å². The lowest BCUT2D eigenvalue weighted by molar-refractivity contribution is 0.0716. The lowest BCUT2D eigenvalue weighted by atomic mass is 9.91. The number of nitrogens with one attached hydrogen (secondary N) is 1. The Bertz CT molecular complexity index is 1120. The van der Waals surface area contributed by atoms with E-state index >= 15 is 0 Å². The van der Waals surface area contributed by atoms with Gasteiger partial charge in [0.2, 0.25) is 0 Å². The Morgan fingerprint density at radius 3 is 2.66 bits per heavy atom. The summed E-state index contributed by atoms with van der Waals surface area (Å²) in [7, 11) is 0. The molecule has 1 N–H and O–H groups in total. The number of carbonyl (C=O) groups excluding carboxylic acids is 1. The molecule has 29 heavy (non-hydrogen) atoms. The zero-order valence-electron chi connectivity index (χ0n) is 15.8. The molecule has 3 heterocycles. The second-order valence-corrected chi connectivity index (χ2v) is 8.15. The van der Waals surface area contributed by atoms with Crippen LogP contribution in [0.25, 0.3) is 0 Å². The quantitative estimate of drug-likeness (QED) is 0.557. The first-order valence-electron chi connectivity index (χ1n) is 9.62. The number of fused-ring (bicyclic) bond motifs is 1. The number of nitrogens with zero attached hydrogens (tertiary/aromatic N) is 3. The molecule has 1 atom stereocenters. The molecule has 1 aliphatic rings. The molecule has 1 amide bonds. The predicted molar refractivity (Wildman–Crippen MR) is 113 cm³/mol. The first-order chi connectivity index (χ1) is 14.3. The standard InChI is InChI=1S/C23H20N4OS/c28-23(20-14-29-21(26-20)11-16-7-3-1-4-8-16)27-12-18(17-9-5-2-6-10-17)22-19(13-27)24-15-25-22/h1-10,14-15,18H,11-13H2,(H,24,25). The summed E-state index contributed by atoms with van der Waals surface area (Å²) in [4.78, 5) is 27.4. The van der Waals surface area contributed by atoms with Gasteiger partial charge < -0.3 is 9.88 Å². The smallest absolute Gasteiger partial charge is 0.273 e. The van der Waals surface area contributed by atoms with Gasteiger partial charge in [-0.1, -0.05) is 60.7 Å². The zero-order valence-corrected chi connectivity index (χ0v) is 16.6. The van der Waals surface area contributed by atoms with Crippen molar-refractivity contribution >= 4 is 17.2 Å². The molecule has 5 nitrogen and oxygen atoms in total. The fourth-order valence-electron chi connectivity index (χ4n) is 3.85. The largest absolute Gasteiger partial charge is 0.347 e. The van der Waals surface area contributed by atoms with Gasteiger partial charge in [0.25, 0.3) is 5.91 Å². The van der Waals surface area contributed by atoms with Gasteiger partial charge in [0.15, 0.2) is 0 Å². The van der Waals surface area contributed by atoms with Crippen molar-refractivity contribution in [2.24, 2.45) is 0 Å². The Balaban J connectivity index is 1.38. The summed E-state index contributed by atoms with van der Waals surface area (Å²) in [5.74, 6) is 0.0410. The van der Waals surface area contributed by atoms with Crippen molar-refractivity contribution in [2.75, 3.05) is 6.54 Å². The molecule has 0 saturated heterocycles. The van der Waals surface area contributed by atoms with E-state index in [1.165, 1.54) is 11.1 Å². The average molecular weight is 401 g/mol. The van der Waals surface area contributed by atoms with Crippen LogP contribution in [-0.2, 0) is 13.0 Å². The molecule has 2 aromatic carbocycles. The van der Waals surface area contributed by atoms with Gasteiger partial charge in [0.05, 0.1) is 29.3 Å². The molecule has 6 heteroatoms. The monoisotopic (exact) mass is 400 g/mol. The number of H-pyrrole nitrogens is 1. The highest BCUT2D eigenvalue weighted by Crippen LogP contribution is 2.32. The van der Waals surface area contributed by atoms with Crippen LogP contribution >= 0.6 is 11.3 Å². The van der Waals surface area contributed by atoms with Crippen LogP contribution in [0.4, 0.5) is 0 Å². The summed E-state index contributed by atoms with van der Waals surface area (Å²) < 4.78 is 0. The van der Waals surface area contributed by atoms with Crippen LogP contribution in [0.3, 0.4) is 0 Å². The maximum Gasteiger partial charge on any atom is 0.273 e. The van der Waals surface area contributed by atoms with E-state index in [0.29, 0.717) is 18.8 Å². The molecule has 0 fully saturated rings. The summed E-state index contributed by atoms with van der Waals surface area (Å²) in [5, 5.41) is 2.83. The van der Waals surface area contributed by atoms with E-state index in [1.54, 1.807) is 17.7 Å². The van der Waals surface area contributed by atoms with Gasteiger partial charge in [-0.05, 0) is 11.1 Å². The minimum atomic E-state index is -0.0262. The molecule has 5 rings (SSSR count). The van der Waals surface area contributed by atoms with Crippen LogP contribution in [0.5, 0.6) is 0 Å². The molecule has 1 unspecified atom stereocenters. The highest BCUT2D eigenvalue weighted by molar-refractivity contribution is 7.09. The summed E-state index contributed by atoms with van der Waals surface area (Å²) in [5.41, 5.74) is 4.92. The predicted octanol–water partition coefficient (Wildman–Crippen LogP) is 4.24. The van der Waals surface area contributed by atoms with E-state index in [9.17, 15) is 4.79 Å². The third-order valence-corrected chi connectivity index (χ3v) is 6.14. The van der Waals surface area contributed by atoms with Gasteiger partial charge >= 0.3 is 0 Å². The Morgan fingerprint density at radius 2 is 1.86 bits per heavy atom. The van der Waals surface area contributed by atoms with Crippen LogP contribution in [-0.4, -0.2) is 32.3 Å². The maximum absolute atomic E-state index is 13.2.